The molecule has 2 N–H and O–H groups in total. The van der Waals surface area contributed by atoms with Gasteiger partial charge in [0.05, 0.1) is 0 Å². The summed E-state index contributed by atoms with van der Waals surface area (Å²) in [7, 11) is 0. The maximum Gasteiger partial charge on any atom is 0.322 e. The quantitative estimate of drug-likeness (QED) is 0.708. The van der Waals surface area contributed by atoms with Crippen LogP contribution in [-0.4, -0.2) is 23.7 Å². The van der Waals surface area contributed by atoms with Gasteiger partial charge in [-0.25, -0.2) is 9.18 Å². The third-order valence-corrected chi connectivity index (χ3v) is 4.12. The summed E-state index contributed by atoms with van der Waals surface area (Å²) in [4.78, 5) is 23.7. The average Bonchev–Trinajstić information content (AvgIpc) is 2.64. The minimum Gasteiger partial charge on any atom is -0.484 e. The number of carbonyl (C=O) groups is 2. The molecule has 3 rings (SSSR count). The van der Waals surface area contributed by atoms with E-state index in [0.717, 1.165) is 0 Å². The highest BCUT2D eigenvalue weighted by atomic mass is 79.9. The molecule has 1 saturated heterocycles. The standard InChI is InChI=1S/C13H12BrFN2O3/c1-12(2)9(15)13(10(18)16-11(19)17-13)7-5-6(14)3-4-8(7)20-12/h3-5,9H,1-2H3,(H2,16,17,18,19)/t9-,13-/m1/s1. The molecule has 5 nitrogen and oxygen atoms in total. The summed E-state index contributed by atoms with van der Waals surface area (Å²) < 4.78 is 21.2. The molecular weight excluding hydrogens is 331 g/mol. The van der Waals surface area contributed by atoms with Gasteiger partial charge in [0.25, 0.3) is 5.91 Å². The zero-order chi connectivity index (χ0) is 14.7. The summed E-state index contributed by atoms with van der Waals surface area (Å²) in [6, 6.07) is 4.26. The lowest BCUT2D eigenvalue weighted by molar-refractivity contribution is -0.134. The van der Waals surface area contributed by atoms with Crippen molar-refractivity contribution in [1.29, 1.82) is 0 Å². The minimum atomic E-state index is -1.75. The molecule has 1 aromatic rings. The molecule has 0 aromatic heterocycles. The molecule has 1 aromatic carbocycles. The van der Waals surface area contributed by atoms with Crippen LogP contribution < -0.4 is 15.4 Å². The minimum absolute atomic E-state index is 0.307. The summed E-state index contributed by atoms with van der Waals surface area (Å²) in [6.45, 7) is 3.09. The first-order valence-electron chi connectivity index (χ1n) is 6.04. The highest BCUT2D eigenvalue weighted by Crippen LogP contribution is 2.47. The van der Waals surface area contributed by atoms with Gasteiger partial charge < -0.3 is 10.1 Å². The van der Waals surface area contributed by atoms with Crippen molar-refractivity contribution < 1.29 is 18.7 Å². The fourth-order valence-corrected chi connectivity index (χ4v) is 3.09. The smallest absolute Gasteiger partial charge is 0.322 e. The Bertz CT molecular complexity index is 634. The largest absolute Gasteiger partial charge is 0.484 e. The van der Waals surface area contributed by atoms with Crippen molar-refractivity contribution in [2.75, 3.05) is 0 Å². The summed E-state index contributed by atoms with van der Waals surface area (Å²) in [5.74, 6) is -0.324. The first kappa shape index (κ1) is 13.4. The molecule has 3 amide bonds. The van der Waals surface area contributed by atoms with Crippen molar-refractivity contribution in [3.8, 4) is 5.75 Å². The van der Waals surface area contributed by atoms with E-state index in [4.69, 9.17) is 4.74 Å². The number of ether oxygens (including phenoxy) is 1. The van der Waals surface area contributed by atoms with E-state index in [2.05, 4.69) is 26.6 Å². The van der Waals surface area contributed by atoms with Crippen LogP contribution in [0.5, 0.6) is 5.75 Å². The van der Waals surface area contributed by atoms with Gasteiger partial charge in [0.1, 0.15) is 11.4 Å². The van der Waals surface area contributed by atoms with Crippen molar-refractivity contribution in [2.45, 2.75) is 31.2 Å². The number of hydrogen-bond donors (Lipinski definition) is 2. The van der Waals surface area contributed by atoms with Gasteiger partial charge >= 0.3 is 6.03 Å². The molecule has 0 bridgehead atoms. The molecule has 7 heteroatoms. The fourth-order valence-electron chi connectivity index (χ4n) is 2.73. The first-order valence-corrected chi connectivity index (χ1v) is 6.83. The Morgan fingerprint density at radius 1 is 1.35 bits per heavy atom. The number of rotatable bonds is 0. The molecule has 2 heterocycles. The fraction of sp³-hybridized carbons (Fsp3) is 0.385. The Morgan fingerprint density at radius 3 is 2.65 bits per heavy atom. The lowest BCUT2D eigenvalue weighted by atomic mass is 9.76. The molecule has 2 aliphatic rings. The summed E-state index contributed by atoms with van der Waals surface area (Å²) >= 11 is 3.28. The topological polar surface area (TPSA) is 67.4 Å². The third-order valence-electron chi connectivity index (χ3n) is 3.63. The number of benzene rings is 1. The Kier molecular flexibility index (Phi) is 2.63. The Labute approximate surface area is 123 Å². The van der Waals surface area contributed by atoms with Crippen LogP contribution in [0.4, 0.5) is 9.18 Å². The molecule has 20 heavy (non-hydrogen) atoms. The number of hydrogen-bond acceptors (Lipinski definition) is 3. The molecule has 2 aliphatic heterocycles. The van der Waals surface area contributed by atoms with Gasteiger partial charge in [0.15, 0.2) is 11.7 Å². The van der Waals surface area contributed by atoms with E-state index in [1.54, 1.807) is 32.0 Å². The lowest BCUT2D eigenvalue weighted by Crippen LogP contribution is -2.63. The molecule has 0 unspecified atom stereocenters. The van der Waals surface area contributed by atoms with Gasteiger partial charge in [0.2, 0.25) is 0 Å². The number of fused-ring (bicyclic) bond motifs is 2. The Morgan fingerprint density at radius 2 is 2.05 bits per heavy atom. The maximum atomic E-state index is 14.9. The van der Waals surface area contributed by atoms with Crippen LogP contribution in [0, 0.1) is 0 Å². The SMILES string of the molecule is CC1(C)Oc2ccc(Br)cc2[C@@]2(NC(=O)NC2=O)[C@@H]1F. The predicted molar refractivity (Wildman–Crippen MR) is 72.1 cm³/mol. The molecule has 0 saturated carbocycles. The van der Waals surface area contributed by atoms with E-state index in [1.807, 2.05) is 0 Å². The lowest BCUT2D eigenvalue weighted by Gasteiger charge is -2.44. The van der Waals surface area contributed by atoms with E-state index in [9.17, 15) is 14.0 Å². The molecule has 1 spiro atoms. The third kappa shape index (κ3) is 1.59. The van der Waals surface area contributed by atoms with Crippen molar-refractivity contribution in [3.05, 3.63) is 28.2 Å². The zero-order valence-electron chi connectivity index (χ0n) is 10.8. The summed E-state index contributed by atoms with van der Waals surface area (Å²) in [6.07, 6.45) is -1.72. The normalized spacial score (nSPS) is 30.5. The molecule has 106 valence electrons. The van der Waals surface area contributed by atoms with Crippen molar-refractivity contribution in [1.82, 2.24) is 10.6 Å². The Hall–Kier alpha value is -1.63. The van der Waals surface area contributed by atoms with E-state index in [-0.39, 0.29) is 0 Å². The second-order valence-corrected chi connectivity index (χ2v) is 6.34. The Balaban J connectivity index is 2.29. The van der Waals surface area contributed by atoms with Crippen LogP contribution in [0.2, 0.25) is 0 Å². The molecular formula is C13H12BrFN2O3. The second-order valence-electron chi connectivity index (χ2n) is 5.42. The predicted octanol–water partition coefficient (Wildman–Crippen LogP) is 1.99. The van der Waals surface area contributed by atoms with Gasteiger partial charge in [-0.2, -0.15) is 0 Å². The summed E-state index contributed by atoms with van der Waals surface area (Å²) in [5, 5.41) is 4.54. The number of imide groups is 1. The van der Waals surface area contributed by atoms with Crippen LogP contribution >= 0.6 is 15.9 Å². The monoisotopic (exact) mass is 342 g/mol. The highest BCUT2D eigenvalue weighted by molar-refractivity contribution is 9.10. The number of amides is 3. The van der Waals surface area contributed by atoms with Crippen LogP contribution in [-0.2, 0) is 10.3 Å². The molecule has 1 fully saturated rings. The number of urea groups is 1. The number of nitrogens with one attached hydrogen (secondary N) is 2. The second kappa shape index (κ2) is 3.94. The average molecular weight is 343 g/mol. The molecule has 2 atom stereocenters. The highest BCUT2D eigenvalue weighted by Gasteiger charge is 2.63. The van der Waals surface area contributed by atoms with Crippen molar-refractivity contribution in [2.24, 2.45) is 0 Å². The number of alkyl halides is 1. The van der Waals surface area contributed by atoms with E-state index in [1.165, 1.54) is 0 Å². The van der Waals surface area contributed by atoms with Crippen LogP contribution in [0.25, 0.3) is 0 Å². The van der Waals surface area contributed by atoms with Gasteiger partial charge in [-0.05, 0) is 32.0 Å². The van der Waals surface area contributed by atoms with Crippen LogP contribution in [0.3, 0.4) is 0 Å². The number of halogens is 2. The summed E-state index contributed by atoms with van der Waals surface area (Å²) in [5.41, 5.74) is -2.68. The van der Waals surface area contributed by atoms with Gasteiger partial charge in [-0.15, -0.1) is 0 Å². The molecule has 0 aliphatic carbocycles. The first-order chi connectivity index (χ1) is 9.27. The van der Waals surface area contributed by atoms with Crippen LogP contribution in [0.15, 0.2) is 22.7 Å². The van der Waals surface area contributed by atoms with E-state index < -0.39 is 29.2 Å². The van der Waals surface area contributed by atoms with Crippen LogP contribution in [0.1, 0.15) is 19.4 Å². The van der Waals surface area contributed by atoms with E-state index in [0.29, 0.717) is 15.8 Å². The zero-order valence-corrected chi connectivity index (χ0v) is 12.4. The van der Waals surface area contributed by atoms with Gasteiger partial charge in [0, 0.05) is 10.0 Å². The van der Waals surface area contributed by atoms with Crippen molar-refractivity contribution in [3.63, 3.8) is 0 Å². The van der Waals surface area contributed by atoms with Gasteiger partial charge in [-0.3, -0.25) is 10.1 Å². The number of carbonyl (C=O) groups excluding carboxylic acids is 2. The van der Waals surface area contributed by atoms with E-state index >= 15 is 0 Å². The molecule has 0 radical (unpaired) electrons. The van der Waals surface area contributed by atoms with Crippen molar-refractivity contribution >= 4 is 27.9 Å². The van der Waals surface area contributed by atoms with Gasteiger partial charge in [-0.1, -0.05) is 15.9 Å². The maximum absolute atomic E-state index is 14.9.